The molecule has 0 spiro atoms. The van der Waals surface area contributed by atoms with E-state index < -0.39 is 12.2 Å². The van der Waals surface area contributed by atoms with Crippen LogP contribution in [0, 0.1) is 12.7 Å². The van der Waals surface area contributed by atoms with Gasteiger partial charge in [-0.05, 0) is 31.2 Å². The number of aryl methyl sites for hydroxylation is 1. The molecule has 2 aliphatic rings. The van der Waals surface area contributed by atoms with Gasteiger partial charge >= 0.3 is 6.09 Å². The Balaban J connectivity index is 1.39. The minimum absolute atomic E-state index is 0.195. The van der Waals surface area contributed by atoms with Gasteiger partial charge in [-0.2, -0.15) is 0 Å². The van der Waals surface area contributed by atoms with Crippen molar-refractivity contribution in [2.75, 3.05) is 54.0 Å². The van der Waals surface area contributed by atoms with Crippen LogP contribution >= 0.6 is 0 Å². The number of nitrogens with zero attached hydrogens (tertiary/aromatic N) is 5. The summed E-state index contributed by atoms with van der Waals surface area (Å²) in [5, 5.41) is 2.63. The topological polar surface area (TPSA) is 90.9 Å². The van der Waals surface area contributed by atoms with Crippen molar-refractivity contribution >= 4 is 29.2 Å². The third-order valence-corrected chi connectivity index (χ3v) is 5.40. The molecule has 3 heterocycles. The van der Waals surface area contributed by atoms with Gasteiger partial charge in [0.2, 0.25) is 5.91 Å². The molecule has 2 aromatic rings. The second-order valence-electron chi connectivity index (χ2n) is 7.63. The summed E-state index contributed by atoms with van der Waals surface area (Å²) in [4.78, 5) is 37.3. The molecule has 1 unspecified atom stereocenters. The van der Waals surface area contributed by atoms with Gasteiger partial charge in [0.15, 0.2) is 0 Å². The molecule has 2 fully saturated rings. The van der Waals surface area contributed by atoms with Crippen molar-refractivity contribution in [3.8, 4) is 0 Å². The fraction of sp³-hybridized carbons (Fsp3) is 0.429. The SMILES string of the molecule is CC(=O)NCC1CN(c2ccc(N3CCN(c4ccnc(C)n4)CC3)c(F)c2)C(=O)O1. The zero-order valence-electron chi connectivity index (χ0n) is 17.5. The average molecular weight is 428 g/mol. The fourth-order valence-corrected chi connectivity index (χ4v) is 3.81. The third-order valence-electron chi connectivity index (χ3n) is 5.40. The van der Waals surface area contributed by atoms with Gasteiger partial charge in [-0.3, -0.25) is 9.69 Å². The van der Waals surface area contributed by atoms with Crippen LogP contribution in [0.3, 0.4) is 0 Å². The Hall–Kier alpha value is -3.43. The molecular weight excluding hydrogens is 403 g/mol. The molecular formula is C21H25FN6O3. The van der Waals surface area contributed by atoms with E-state index in [9.17, 15) is 14.0 Å². The Morgan fingerprint density at radius 3 is 2.65 bits per heavy atom. The molecule has 2 amide bonds. The number of ether oxygens (including phenoxy) is 1. The summed E-state index contributed by atoms with van der Waals surface area (Å²) in [7, 11) is 0. The number of nitrogens with one attached hydrogen (secondary N) is 1. The number of rotatable bonds is 5. The molecule has 0 bridgehead atoms. The predicted molar refractivity (Wildman–Crippen MR) is 114 cm³/mol. The summed E-state index contributed by atoms with van der Waals surface area (Å²) >= 11 is 0. The lowest BCUT2D eigenvalue weighted by Gasteiger charge is -2.37. The van der Waals surface area contributed by atoms with Crippen molar-refractivity contribution in [2.24, 2.45) is 0 Å². The molecule has 1 aromatic heterocycles. The maximum atomic E-state index is 14.9. The Labute approximate surface area is 179 Å². The standard InChI is InChI=1S/C21H25FN6O3/c1-14-23-6-5-20(25-14)27-9-7-26(8-10-27)19-4-3-16(11-18(19)22)28-13-17(31-21(28)30)12-24-15(2)29/h3-6,11,17H,7-10,12-13H2,1-2H3,(H,24,29). The molecule has 164 valence electrons. The molecule has 9 nitrogen and oxygen atoms in total. The van der Waals surface area contributed by atoms with Crippen LogP contribution in [0.15, 0.2) is 30.5 Å². The molecule has 10 heteroatoms. The lowest BCUT2D eigenvalue weighted by Crippen LogP contribution is -2.47. The summed E-state index contributed by atoms with van der Waals surface area (Å²) in [5.41, 5.74) is 0.941. The van der Waals surface area contributed by atoms with E-state index >= 15 is 0 Å². The zero-order valence-corrected chi connectivity index (χ0v) is 17.5. The van der Waals surface area contributed by atoms with Crippen LogP contribution in [-0.2, 0) is 9.53 Å². The number of amides is 2. The first-order chi connectivity index (χ1) is 14.9. The number of hydrogen-bond donors (Lipinski definition) is 1. The number of piperazine rings is 1. The number of carbonyl (C=O) groups is 2. The minimum Gasteiger partial charge on any atom is -0.442 e. The van der Waals surface area contributed by atoms with E-state index in [0.717, 1.165) is 24.7 Å². The Morgan fingerprint density at radius 1 is 1.23 bits per heavy atom. The highest BCUT2D eigenvalue weighted by Gasteiger charge is 2.33. The van der Waals surface area contributed by atoms with Crippen molar-refractivity contribution in [3.63, 3.8) is 0 Å². The highest BCUT2D eigenvalue weighted by molar-refractivity contribution is 5.90. The first-order valence-electron chi connectivity index (χ1n) is 10.2. The van der Waals surface area contributed by atoms with E-state index in [2.05, 4.69) is 20.2 Å². The van der Waals surface area contributed by atoms with Gasteiger partial charge in [0, 0.05) is 39.3 Å². The smallest absolute Gasteiger partial charge is 0.414 e. The van der Waals surface area contributed by atoms with Gasteiger partial charge in [0.25, 0.3) is 0 Å². The highest BCUT2D eigenvalue weighted by Crippen LogP contribution is 2.29. The normalized spacial score (nSPS) is 18.9. The fourth-order valence-electron chi connectivity index (χ4n) is 3.81. The van der Waals surface area contributed by atoms with Crippen LogP contribution in [0.1, 0.15) is 12.7 Å². The lowest BCUT2D eigenvalue weighted by atomic mass is 10.2. The van der Waals surface area contributed by atoms with Crippen LogP contribution in [0.5, 0.6) is 0 Å². The van der Waals surface area contributed by atoms with Crippen LogP contribution in [0.25, 0.3) is 0 Å². The Kier molecular flexibility index (Phi) is 5.88. The zero-order chi connectivity index (χ0) is 22.0. The summed E-state index contributed by atoms with van der Waals surface area (Å²) in [6.45, 7) is 6.50. The van der Waals surface area contributed by atoms with Crippen LogP contribution in [0.2, 0.25) is 0 Å². The number of benzene rings is 1. The predicted octanol–water partition coefficient (Wildman–Crippen LogP) is 1.71. The summed E-state index contributed by atoms with van der Waals surface area (Å²) < 4.78 is 20.2. The molecule has 2 aliphatic heterocycles. The second-order valence-corrected chi connectivity index (χ2v) is 7.63. The lowest BCUT2D eigenvalue weighted by molar-refractivity contribution is -0.119. The first-order valence-corrected chi connectivity index (χ1v) is 10.2. The molecule has 31 heavy (non-hydrogen) atoms. The Morgan fingerprint density at radius 2 is 1.97 bits per heavy atom. The van der Waals surface area contributed by atoms with Crippen molar-refractivity contribution in [1.29, 1.82) is 0 Å². The van der Waals surface area contributed by atoms with E-state index in [4.69, 9.17) is 4.74 Å². The molecule has 4 rings (SSSR count). The maximum Gasteiger partial charge on any atom is 0.414 e. The second kappa shape index (κ2) is 8.75. The van der Waals surface area contributed by atoms with Gasteiger partial charge in [-0.15, -0.1) is 0 Å². The molecule has 0 saturated carbocycles. The number of anilines is 3. The largest absolute Gasteiger partial charge is 0.442 e. The quantitative estimate of drug-likeness (QED) is 0.775. The molecule has 1 N–H and O–H groups in total. The van der Waals surface area contributed by atoms with Crippen molar-refractivity contribution in [3.05, 3.63) is 42.1 Å². The van der Waals surface area contributed by atoms with Crippen LogP contribution in [-0.4, -0.2) is 67.3 Å². The number of halogens is 1. The number of cyclic esters (lactones) is 1. The minimum atomic E-state index is -0.545. The van der Waals surface area contributed by atoms with Crippen LogP contribution in [0.4, 0.5) is 26.4 Å². The molecule has 1 aromatic carbocycles. The van der Waals surface area contributed by atoms with Crippen molar-refractivity contribution in [1.82, 2.24) is 15.3 Å². The highest BCUT2D eigenvalue weighted by atomic mass is 19.1. The van der Waals surface area contributed by atoms with E-state index in [0.29, 0.717) is 24.5 Å². The van der Waals surface area contributed by atoms with E-state index in [1.54, 1.807) is 18.3 Å². The summed E-state index contributed by atoms with van der Waals surface area (Å²) in [5.74, 6) is 1.02. The first kappa shape index (κ1) is 20.8. The molecule has 2 saturated heterocycles. The number of aromatic nitrogens is 2. The third kappa shape index (κ3) is 4.68. The van der Waals surface area contributed by atoms with Gasteiger partial charge in [0.1, 0.15) is 23.6 Å². The van der Waals surface area contributed by atoms with Crippen molar-refractivity contribution in [2.45, 2.75) is 20.0 Å². The van der Waals surface area contributed by atoms with Gasteiger partial charge in [0.05, 0.1) is 24.5 Å². The van der Waals surface area contributed by atoms with E-state index in [1.807, 2.05) is 17.9 Å². The summed E-state index contributed by atoms with van der Waals surface area (Å²) in [6.07, 6.45) is 0.737. The monoisotopic (exact) mass is 428 g/mol. The van der Waals surface area contributed by atoms with E-state index in [1.165, 1.54) is 17.9 Å². The van der Waals surface area contributed by atoms with Gasteiger partial charge in [-0.1, -0.05) is 0 Å². The average Bonchev–Trinajstić information content (AvgIpc) is 3.13. The number of hydrogen-bond acceptors (Lipinski definition) is 7. The van der Waals surface area contributed by atoms with Gasteiger partial charge in [-0.25, -0.2) is 19.2 Å². The molecule has 0 radical (unpaired) electrons. The van der Waals surface area contributed by atoms with Crippen molar-refractivity contribution < 1.29 is 18.7 Å². The van der Waals surface area contributed by atoms with Gasteiger partial charge < -0.3 is 19.9 Å². The number of carbonyl (C=O) groups excluding carboxylic acids is 2. The molecule has 1 atom stereocenters. The summed E-state index contributed by atoms with van der Waals surface area (Å²) in [6, 6.07) is 6.66. The Bertz CT molecular complexity index is 979. The van der Waals surface area contributed by atoms with E-state index in [-0.39, 0.29) is 24.8 Å². The van der Waals surface area contributed by atoms with Crippen LogP contribution < -0.4 is 20.0 Å². The maximum absolute atomic E-state index is 14.9. The molecule has 0 aliphatic carbocycles.